The highest BCUT2D eigenvalue weighted by atomic mass is 79.9. The van der Waals surface area contributed by atoms with E-state index in [1.807, 2.05) is 0 Å². The van der Waals surface area contributed by atoms with Gasteiger partial charge in [0.05, 0.1) is 5.56 Å². The van der Waals surface area contributed by atoms with E-state index in [1.54, 1.807) is 18.2 Å². The van der Waals surface area contributed by atoms with E-state index in [1.165, 1.54) is 0 Å². The van der Waals surface area contributed by atoms with Gasteiger partial charge in [0.1, 0.15) is 6.04 Å². The number of hydrogen-bond donors (Lipinski definition) is 3. The number of aliphatic carboxylic acids is 1. The van der Waals surface area contributed by atoms with E-state index in [4.69, 9.17) is 10.2 Å². The lowest BCUT2D eigenvalue weighted by molar-refractivity contribution is -0.139. The molecule has 0 aliphatic carbocycles. The van der Waals surface area contributed by atoms with Crippen molar-refractivity contribution in [2.45, 2.75) is 12.5 Å². The number of carbonyl (C=O) groups excluding carboxylic acids is 1. The molecule has 0 heterocycles. The maximum atomic E-state index is 11.9. The fourth-order valence-electron chi connectivity index (χ4n) is 1.29. The zero-order chi connectivity index (χ0) is 13.7. The van der Waals surface area contributed by atoms with Crippen LogP contribution in [-0.4, -0.2) is 34.7 Å². The van der Waals surface area contributed by atoms with Crippen LogP contribution in [0.3, 0.4) is 0 Å². The molecule has 0 aliphatic rings. The van der Waals surface area contributed by atoms with Gasteiger partial charge in [-0.1, -0.05) is 15.9 Å². The van der Waals surface area contributed by atoms with Crippen LogP contribution < -0.4 is 5.32 Å². The van der Waals surface area contributed by atoms with Gasteiger partial charge >= 0.3 is 5.97 Å². The molecule has 3 N–H and O–H groups in total. The molecule has 18 heavy (non-hydrogen) atoms. The van der Waals surface area contributed by atoms with Gasteiger partial charge in [-0.25, -0.2) is 4.79 Å². The van der Waals surface area contributed by atoms with Gasteiger partial charge in [0.15, 0.2) is 0 Å². The maximum absolute atomic E-state index is 11.9. The number of carbonyl (C=O) groups is 2. The minimum Gasteiger partial charge on any atom is -0.480 e. The van der Waals surface area contributed by atoms with Crippen LogP contribution in [0.5, 0.6) is 0 Å². The molecule has 5 nitrogen and oxygen atoms in total. The fourth-order valence-corrected chi connectivity index (χ4v) is 2.08. The second-order valence-corrected chi connectivity index (χ2v) is 5.27. The number of carboxylic acid groups (broad SMARTS) is 1. The van der Waals surface area contributed by atoms with Crippen LogP contribution in [0.4, 0.5) is 0 Å². The first-order valence-electron chi connectivity index (χ1n) is 5.05. The van der Waals surface area contributed by atoms with Crippen molar-refractivity contribution < 1.29 is 19.8 Å². The third-order valence-electron chi connectivity index (χ3n) is 2.19. The van der Waals surface area contributed by atoms with Crippen LogP contribution in [0.1, 0.15) is 16.8 Å². The van der Waals surface area contributed by atoms with E-state index in [0.29, 0.717) is 14.5 Å². The first-order valence-corrected chi connectivity index (χ1v) is 6.64. The number of halogens is 2. The molecule has 1 amide bonds. The Hall–Kier alpha value is -0.920. The summed E-state index contributed by atoms with van der Waals surface area (Å²) in [6.07, 6.45) is -0.0350. The number of nitrogens with one attached hydrogen (secondary N) is 1. The molecular formula is C11H11Br2NO4. The minimum absolute atomic E-state index is 0.0350. The van der Waals surface area contributed by atoms with E-state index in [2.05, 4.69) is 37.2 Å². The first kappa shape index (κ1) is 15.1. The van der Waals surface area contributed by atoms with Crippen LogP contribution in [0, 0.1) is 0 Å². The number of benzene rings is 1. The van der Waals surface area contributed by atoms with Gasteiger partial charge in [-0.05, 0) is 34.1 Å². The lowest BCUT2D eigenvalue weighted by Crippen LogP contribution is -2.41. The zero-order valence-corrected chi connectivity index (χ0v) is 12.4. The molecule has 0 bridgehead atoms. The van der Waals surface area contributed by atoms with Crippen molar-refractivity contribution in [3.05, 3.63) is 32.7 Å². The first-order chi connectivity index (χ1) is 8.45. The summed E-state index contributed by atoms with van der Waals surface area (Å²) in [6, 6.07) is 3.91. The second kappa shape index (κ2) is 6.86. The average molecular weight is 381 g/mol. The number of aliphatic hydroxyl groups is 1. The van der Waals surface area contributed by atoms with Crippen molar-refractivity contribution in [1.82, 2.24) is 5.32 Å². The number of rotatable bonds is 5. The predicted octanol–water partition coefficient (Wildman–Crippen LogP) is 1.78. The van der Waals surface area contributed by atoms with Gasteiger partial charge in [-0.15, -0.1) is 0 Å². The Morgan fingerprint density at radius 3 is 2.56 bits per heavy atom. The van der Waals surface area contributed by atoms with Crippen LogP contribution >= 0.6 is 31.9 Å². The zero-order valence-electron chi connectivity index (χ0n) is 9.19. The maximum Gasteiger partial charge on any atom is 0.326 e. The molecule has 1 aromatic rings. The highest BCUT2D eigenvalue weighted by Gasteiger charge is 2.21. The summed E-state index contributed by atoms with van der Waals surface area (Å²) in [5, 5.41) is 20.0. The standard InChI is InChI=1S/C11H11Br2NO4/c12-6-1-2-8(13)7(5-6)10(16)14-9(3-4-15)11(17)18/h1-2,5,9,15H,3-4H2,(H,14,16)(H,17,18)/t9-/m0/s1. The molecule has 0 fully saturated rings. The molecule has 0 saturated carbocycles. The van der Waals surface area contributed by atoms with Gasteiger partial charge in [0.25, 0.3) is 5.91 Å². The average Bonchev–Trinajstić information content (AvgIpc) is 2.31. The Morgan fingerprint density at radius 2 is 2.00 bits per heavy atom. The van der Waals surface area contributed by atoms with Crippen LogP contribution in [0.25, 0.3) is 0 Å². The molecule has 0 radical (unpaired) electrons. The van der Waals surface area contributed by atoms with Crippen LogP contribution in [-0.2, 0) is 4.79 Å². The van der Waals surface area contributed by atoms with Crippen molar-refractivity contribution in [2.75, 3.05) is 6.61 Å². The second-order valence-electron chi connectivity index (χ2n) is 3.50. The number of aliphatic hydroxyl groups excluding tert-OH is 1. The summed E-state index contributed by atoms with van der Waals surface area (Å²) >= 11 is 6.45. The topological polar surface area (TPSA) is 86.6 Å². The largest absolute Gasteiger partial charge is 0.480 e. The predicted molar refractivity (Wildman–Crippen MR) is 72.4 cm³/mol. The van der Waals surface area contributed by atoms with Gasteiger partial charge in [-0.2, -0.15) is 0 Å². The smallest absolute Gasteiger partial charge is 0.326 e. The Bertz CT molecular complexity index is 464. The Labute approximate surface area is 120 Å². The monoisotopic (exact) mass is 379 g/mol. The third kappa shape index (κ3) is 4.08. The molecule has 0 saturated heterocycles. The van der Waals surface area contributed by atoms with Gasteiger partial charge in [0.2, 0.25) is 0 Å². The van der Waals surface area contributed by atoms with E-state index < -0.39 is 17.9 Å². The van der Waals surface area contributed by atoms with E-state index in [-0.39, 0.29) is 13.0 Å². The summed E-state index contributed by atoms with van der Waals surface area (Å²) in [5.41, 5.74) is 0.327. The number of carboxylic acids is 1. The molecule has 7 heteroatoms. The lowest BCUT2D eigenvalue weighted by atomic mass is 10.1. The molecule has 1 atom stereocenters. The van der Waals surface area contributed by atoms with Crippen molar-refractivity contribution in [1.29, 1.82) is 0 Å². The Balaban J connectivity index is 2.86. The van der Waals surface area contributed by atoms with E-state index in [9.17, 15) is 9.59 Å². The minimum atomic E-state index is -1.18. The molecule has 0 aliphatic heterocycles. The normalized spacial score (nSPS) is 11.9. The lowest BCUT2D eigenvalue weighted by Gasteiger charge is -2.14. The van der Waals surface area contributed by atoms with Crippen molar-refractivity contribution in [3.8, 4) is 0 Å². The molecule has 0 spiro atoms. The summed E-state index contributed by atoms with van der Waals surface area (Å²) in [4.78, 5) is 22.8. The quantitative estimate of drug-likeness (QED) is 0.726. The molecule has 1 aromatic carbocycles. The Kier molecular flexibility index (Phi) is 5.77. The van der Waals surface area contributed by atoms with Crippen LogP contribution in [0.2, 0.25) is 0 Å². The SMILES string of the molecule is O=C(N[C@@H](CCO)C(=O)O)c1cc(Br)ccc1Br. The van der Waals surface area contributed by atoms with Crippen molar-refractivity contribution in [2.24, 2.45) is 0 Å². The number of hydrogen-bond acceptors (Lipinski definition) is 3. The third-order valence-corrected chi connectivity index (χ3v) is 3.38. The summed E-state index contributed by atoms with van der Waals surface area (Å²) < 4.78 is 1.28. The van der Waals surface area contributed by atoms with E-state index >= 15 is 0 Å². The fraction of sp³-hybridized carbons (Fsp3) is 0.273. The molecule has 98 valence electrons. The summed E-state index contributed by atoms with van der Waals surface area (Å²) in [6.45, 7) is -0.309. The Morgan fingerprint density at radius 1 is 1.33 bits per heavy atom. The molecule has 0 unspecified atom stereocenters. The highest BCUT2D eigenvalue weighted by molar-refractivity contribution is 9.11. The summed E-state index contributed by atoms with van der Waals surface area (Å²) in [5.74, 6) is -1.69. The summed E-state index contributed by atoms with van der Waals surface area (Å²) in [7, 11) is 0. The molecule has 0 aromatic heterocycles. The van der Waals surface area contributed by atoms with Gasteiger partial charge in [-0.3, -0.25) is 4.79 Å². The highest BCUT2D eigenvalue weighted by Crippen LogP contribution is 2.21. The molecule has 1 rings (SSSR count). The van der Waals surface area contributed by atoms with Crippen LogP contribution in [0.15, 0.2) is 27.1 Å². The van der Waals surface area contributed by atoms with Crippen molar-refractivity contribution >= 4 is 43.7 Å². The van der Waals surface area contributed by atoms with Gasteiger partial charge in [0, 0.05) is 22.0 Å². The van der Waals surface area contributed by atoms with Crippen molar-refractivity contribution in [3.63, 3.8) is 0 Å². The number of amides is 1. The van der Waals surface area contributed by atoms with Gasteiger partial charge < -0.3 is 15.5 Å². The molecular weight excluding hydrogens is 370 g/mol. The van der Waals surface area contributed by atoms with E-state index in [0.717, 1.165) is 0 Å².